The summed E-state index contributed by atoms with van der Waals surface area (Å²) in [5.41, 5.74) is 1.38. The van der Waals surface area contributed by atoms with E-state index < -0.39 is 0 Å². The highest BCUT2D eigenvalue weighted by Crippen LogP contribution is 2.31. The molecule has 0 aliphatic carbocycles. The molecule has 0 aliphatic heterocycles. The summed E-state index contributed by atoms with van der Waals surface area (Å²) < 4.78 is 10.7. The zero-order valence-corrected chi connectivity index (χ0v) is 16.8. The largest absolute Gasteiger partial charge is 0.497 e. The molecule has 3 rings (SSSR count). The van der Waals surface area contributed by atoms with Gasteiger partial charge in [-0.25, -0.2) is 4.98 Å². The monoisotopic (exact) mass is 394 g/mol. The smallest absolute Gasteiger partial charge is 0.254 e. The van der Waals surface area contributed by atoms with E-state index in [1.165, 1.54) is 11.8 Å². The lowest BCUT2D eigenvalue weighted by molar-refractivity contribution is 0.0935. The SMILES string of the molecule is COc1ccc(OC)c(C(C)NC(=O)c2cccnc2Sc2ccccc2)c1. The maximum atomic E-state index is 13.0. The van der Waals surface area contributed by atoms with Crippen LogP contribution in [0, 0.1) is 0 Å². The Morgan fingerprint density at radius 3 is 2.54 bits per heavy atom. The third kappa shape index (κ3) is 4.64. The molecule has 0 saturated heterocycles. The van der Waals surface area contributed by atoms with Gasteiger partial charge in [0.25, 0.3) is 5.91 Å². The number of ether oxygens (including phenoxy) is 2. The summed E-state index contributed by atoms with van der Waals surface area (Å²) in [4.78, 5) is 18.4. The van der Waals surface area contributed by atoms with Crippen LogP contribution in [0.25, 0.3) is 0 Å². The van der Waals surface area contributed by atoms with Crippen LogP contribution in [0.3, 0.4) is 0 Å². The van der Waals surface area contributed by atoms with Crippen LogP contribution >= 0.6 is 11.8 Å². The van der Waals surface area contributed by atoms with E-state index in [-0.39, 0.29) is 11.9 Å². The van der Waals surface area contributed by atoms with Crippen molar-refractivity contribution in [3.8, 4) is 11.5 Å². The van der Waals surface area contributed by atoms with Crippen LogP contribution in [0.2, 0.25) is 0 Å². The van der Waals surface area contributed by atoms with Gasteiger partial charge in [0.1, 0.15) is 16.5 Å². The highest BCUT2D eigenvalue weighted by molar-refractivity contribution is 7.99. The van der Waals surface area contributed by atoms with Crippen molar-refractivity contribution in [2.24, 2.45) is 0 Å². The first-order chi connectivity index (χ1) is 13.6. The molecule has 0 fully saturated rings. The van der Waals surface area contributed by atoms with E-state index in [2.05, 4.69) is 10.3 Å². The van der Waals surface area contributed by atoms with E-state index >= 15 is 0 Å². The predicted octanol–water partition coefficient (Wildman–Crippen LogP) is 4.74. The van der Waals surface area contributed by atoms with Crippen molar-refractivity contribution >= 4 is 17.7 Å². The van der Waals surface area contributed by atoms with E-state index in [0.717, 1.165) is 10.5 Å². The van der Waals surface area contributed by atoms with Crippen LogP contribution in [0.5, 0.6) is 11.5 Å². The average Bonchev–Trinajstić information content (AvgIpc) is 2.74. The maximum absolute atomic E-state index is 13.0. The molecule has 1 aromatic heterocycles. The molecule has 1 N–H and O–H groups in total. The molecule has 1 heterocycles. The molecular weight excluding hydrogens is 372 g/mol. The van der Waals surface area contributed by atoms with Crippen LogP contribution in [0.15, 0.2) is 76.8 Å². The Labute approximate surface area is 169 Å². The van der Waals surface area contributed by atoms with Crippen molar-refractivity contribution < 1.29 is 14.3 Å². The van der Waals surface area contributed by atoms with Crippen molar-refractivity contribution in [3.63, 3.8) is 0 Å². The van der Waals surface area contributed by atoms with E-state index in [1.807, 2.05) is 55.5 Å². The Morgan fingerprint density at radius 1 is 1.04 bits per heavy atom. The molecule has 0 saturated carbocycles. The quantitative estimate of drug-likeness (QED) is 0.627. The predicted molar refractivity (Wildman–Crippen MR) is 110 cm³/mol. The third-order valence-electron chi connectivity index (χ3n) is 4.22. The molecule has 5 nitrogen and oxygen atoms in total. The van der Waals surface area contributed by atoms with Gasteiger partial charge in [-0.15, -0.1) is 0 Å². The minimum Gasteiger partial charge on any atom is -0.497 e. The van der Waals surface area contributed by atoms with Gasteiger partial charge < -0.3 is 14.8 Å². The lowest BCUT2D eigenvalue weighted by atomic mass is 10.1. The minimum absolute atomic E-state index is 0.191. The second-order valence-corrected chi connectivity index (χ2v) is 7.14. The summed E-state index contributed by atoms with van der Waals surface area (Å²) in [7, 11) is 3.22. The number of hydrogen-bond acceptors (Lipinski definition) is 5. The number of aromatic nitrogens is 1. The maximum Gasteiger partial charge on any atom is 0.254 e. The zero-order valence-electron chi connectivity index (χ0n) is 16.0. The van der Waals surface area contributed by atoms with E-state index in [9.17, 15) is 4.79 Å². The van der Waals surface area contributed by atoms with Gasteiger partial charge >= 0.3 is 0 Å². The molecule has 2 aromatic carbocycles. The normalized spacial score (nSPS) is 11.5. The van der Waals surface area contributed by atoms with Gasteiger partial charge in [0.2, 0.25) is 0 Å². The molecule has 0 spiro atoms. The van der Waals surface area contributed by atoms with Crippen LogP contribution in [0.1, 0.15) is 28.9 Å². The van der Waals surface area contributed by atoms with Crippen molar-refractivity contribution in [2.45, 2.75) is 22.9 Å². The number of nitrogens with zero attached hydrogens (tertiary/aromatic N) is 1. The van der Waals surface area contributed by atoms with Gasteiger partial charge in [0.15, 0.2) is 0 Å². The van der Waals surface area contributed by atoms with E-state index in [0.29, 0.717) is 22.1 Å². The van der Waals surface area contributed by atoms with Crippen LogP contribution in [0.4, 0.5) is 0 Å². The molecule has 1 atom stereocenters. The van der Waals surface area contributed by atoms with Gasteiger partial charge in [-0.3, -0.25) is 4.79 Å². The molecule has 0 radical (unpaired) electrons. The fourth-order valence-corrected chi connectivity index (χ4v) is 3.68. The molecule has 3 aromatic rings. The topological polar surface area (TPSA) is 60.5 Å². The number of carbonyl (C=O) groups excluding carboxylic acids is 1. The Morgan fingerprint density at radius 2 is 1.82 bits per heavy atom. The number of benzene rings is 2. The van der Waals surface area contributed by atoms with Gasteiger partial charge in [-0.05, 0) is 49.4 Å². The zero-order chi connectivity index (χ0) is 19.9. The minimum atomic E-state index is -0.271. The standard InChI is InChI=1S/C22H22N2O3S/c1-15(19-14-16(26-2)11-12-20(19)27-3)24-21(25)18-10-7-13-23-22(18)28-17-8-5-4-6-9-17/h4-15H,1-3H3,(H,24,25). The molecule has 0 bridgehead atoms. The molecule has 28 heavy (non-hydrogen) atoms. The van der Waals surface area contributed by atoms with Crippen molar-refractivity contribution in [2.75, 3.05) is 14.2 Å². The molecular formula is C22H22N2O3S. The summed E-state index contributed by atoms with van der Waals surface area (Å²) in [6, 6.07) is 18.7. The first-order valence-corrected chi connectivity index (χ1v) is 9.64. The highest BCUT2D eigenvalue weighted by Gasteiger charge is 2.19. The number of pyridine rings is 1. The Kier molecular flexibility index (Phi) is 6.55. The van der Waals surface area contributed by atoms with Gasteiger partial charge in [-0.1, -0.05) is 30.0 Å². The fraction of sp³-hybridized carbons (Fsp3) is 0.182. The number of hydrogen-bond donors (Lipinski definition) is 1. The summed E-state index contributed by atoms with van der Waals surface area (Å²) in [6.07, 6.45) is 1.69. The van der Waals surface area contributed by atoms with Gasteiger partial charge in [0.05, 0.1) is 25.8 Å². The Bertz CT molecular complexity index is 948. The number of amides is 1. The average molecular weight is 394 g/mol. The van der Waals surface area contributed by atoms with E-state index in [4.69, 9.17) is 9.47 Å². The second kappa shape index (κ2) is 9.28. The molecule has 144 valence electrons. The Hall–Kier alpha value is -2.99. The second-order valence-electron chi connectivity index (χ2n) is 6.07. The first-order valence-electron chi connectivity index (χ1n) is 8.83. The first kappa shape index (κ1) is 19.8. The van der Waals surface area contributed by atoms with Crippen LogP contribution in [-0.4, -0.2) is 25.1 Å². The van der Waals surface area contributed by atoms with E-state index in [1.54, 1.807) is 32.5 Å². The molecule has 1 unspecified atom stereocenters. The number of methoxy groups -OCH3 is 2. The number of carbonyl (C=O) groups is 1. The van der Waals surface area contributed by atoms with Crippen LogP contribution < -0.4 is 14.8 Å². The van der Waals surface area contributed by atoms with Crippen molar-refractivity contribution in [1.82, 2.24) is 10.3 Å². The third-order valence-corrected chi connectivity index (χ3v) is 5.25. The summed E-state index contributed by atoms with van der Waals surface area (Å²) in [6.45, 7) is 1.91. The number of rotatable bonds is 7. The molecule has 1 amide bonds. The molecule has 0 aliphatic rings. The fourth-order valence-electron chi connectivity index (χ4n) is 2.78. The summed E-state index contributed by atoms with van der Waals surface area (Å²) in [5, 5.41) is 3.70. The lowest BCUT2D eigenvalue weighted by Crippen LogP contribution is -2.27. The van der Waals surface area contributed by atoms with Crippen LogP contribution in [-0.2, 0) is 0 Å². The number of nitrogens with one attached hydrogen (secondary N) is 1. The summed E-state index contributed by atoms with van der Waals surface area (Å²) in [5.74, 6) is 1.21. The van der Waals surface area contributed by atoms with Gasteiger partial charge in [0, 0.05) is 16.7 Å². The highest BCUT2D eigenvalue weighted by atomic mass is 32.2. The summed E-state index contributed by atoms with van der Waals surface area (Å²) >= 11 is 1.46. The van der Waals surface area contributed by atoms with Crippen molar-refractivity contribution in [1.29, 1.82) is 0 Å². The lowest BCUT2D eigenvalue weighted by Gasteiger charge is -2.19. The van der Waals surface area contributed by atoms with Gasteiger partial charge in [-0.2, -0.15) is 0 Å². The van der Waals surface area contributed by atoms with Crippen molar-refractivity contribution in [3.05, 3.63) is 78.0 Å². The molecule has 6 heteroatoms. The Balaban J connectivity index is 1.82.